The lowest BCUT2D eigenvalue weighted by molar-refractivity contribution is 0.0950. The van der Waals surface area contributed by atoms with Gasteiger partial charge in [-0.05, 0) is 37.4 Å². The van der Waals surface area contributed by atoms with Crippen molar-refractivity contribution >= 4 is 27.3 Å². The van der Waals surface area contributed by atoms with Gasteiger partial charge in [0.1, 0.15) is 5.82 Å². The number of carbonyl (C=O) groups excluding carboxylic acids is 1. The molecule has 1 N–H and O–H groups in total. The fourth-order valence-electron chi connectivity index (χ4n) is 3.02. The third-order valence-corrected chi connectivity index (χ3v) is 5.43. The number of carbonyl (C=O) groups is 1. The Morgan fingerprint density at radius 1 is 1.15 bits per heavy atom. The van der Waals surface area contributed by atoms with Crippen LogP contribution in [-0.2, 0) is 24.4 Å². The molecule has 0 aliphatic rings. The molecule has 2 aromatic carbocycles. The van der Waals surface area contributed by atoms with Crippen LogP contribution in [-0.4, -0.2) is 32.0 Å². The van der Waals surface area contributed by atoms with Gasteiger partial charge in [0.15, 0.2) is 0 Å². The Kier molecular flexibility index (Phi) is 6.21. The molecule has 3 rings (SSSR count). The van der Waals surface area contributed by atoms with Crippen LogP contribution in [0.2, 0.25) is 0 Å². The van der Waals surface area contributed by atoms with Gasteiger partial charge in [0, 0.05) is 35.8 Å². The number of methoxy groups -OCH3 is 1. The fourth-order valence-corrected chi connectivity index (χ4v) is 4.16. The molecule has 0 bridgehead atoms. The topological polar surface area (TPSA) is 41.6 Å². The van der Waals surface area contributed by atoms with Crippen LogP contribution in [0.15, 0.2) is 42.5 Å². The predicted molar refractivity (Wildman–Crippen MR) is 107 cm³/mol. The third-order valence-electron chi connectivity index (χ3n) is 4.23. The molecule has 6 heteroatoms. The molecule has 27 heavy (non-hydrogen) atoms. The average Bonchev–Trinajstić information content (AvgIpc) is 3.01. The second-order valence-corrected chi connectivity index (χ2v) is 7.74. The molecule has 142 valence electrons. The minimum Gasteiger partial charge on any atom is -0.380 e. The Bertz CT molecular complexity index is 935. The summed E-state index contributed by atoms with van der Waals surface area (Å²) in [5.74, 6) is -0.536. The van der Waals surface area contributed by atoms with Crippen molar-refractivity contribution in [3.63, 3.8) is 0 Å². The van der Waals surface area contributed by atoms with Crippen molar-refractivity contribution < 1.29 is 13.9 Å². The third kappa shape index (κ3) is 4.53. The molecule has 1 aromatic heterocycles. The Morgan fingerprint density at radius 2 is 1.85 bits per heavy atom. The second kappa shape index (κ2) is 8.61. The SMILES string of the molecule is COCc1c(C(=O)NCc2ccc(CN(C)C)cc2)sc2cccc(F)c12. The van der Waals surface area contributed by atoms with Crippen molar-refractivity contribution in [2.24, 2.45) is 0 Å². The van der Waals surface area contributed by atoms with E-state index < -0.39 is 0 Å². The van der Waals surface area contributed by atoms with Crippen molar-refractivity contribution in [1.29, 1.82) is 0 Å². The summed E-state index contributed by atoms with van der Waals surface area (Å²) >= 11 is 1.29. The zero-order chi connectivity index (χ0) is 19.4. The minimum atomic E-state index is -0.327. The molecular formula is C21H23FN2O2S. The minimum absolute atomic E-state index is 0.197. The largest absolute Gasteiger partial charge is 0.380 e. The van der Waals surface area contributed by atoms with Gasteiger partial charge in [-0.3, -0.25) is 4.79 Å². The molecule has 0 aliphatic heterocycles. The summed E-state index contributed by atoms with van der Waals surface area (Å²) in [6.07, 6.45) is 0. The van der Waals surface area contributed by atoms with Crippen LogP contribution in [0.3, 0.4) is 0 Å². The summed E-state index contributed by atoms with van der Waals surface area (Å²) in [6, 6.07) is 13.0. The standard InChI is InChI=1S/C21H23FN2O2S/c1-24(2)12-15-9-7-14(8-10-15)11-23-21(25)20-16(13-26-3)19-17(22)5-4-6-18(19)27-20/h4-10H,11-13H2,1-3H3,(H,23,25). The van der Waals surface area contributed by atoms with Crippen LogP contribution >= 0.6 is 11.3 Å². The van der Waals surface area contributed by atoms with Gasteiger partial charge in [0.2, 0.25) is 0 Å². The van der Waals surface area contributed by atoms with Crippen LogP contribution in [0.4, 0.5) is 4.39 Å². The Labute approximate surface area is 162 Å². The zero-order valence-corrected chi connectivity index (χ0v) is 16.5. The van der Waals surface area contributed by atoms with Crippen molar-refractivity contribution in [3.05, 3.63) is 69.8 Å². The van der Waals surface area contributed by atoms with E-state index in [9.17, 15) is 9.18 Å². The highest BCUT2D eigenvalue weighted by Crippen LogP contribution is 2.33. The summed E-state index contributed by atoms with van der Waals surface area (Å²) < 4.78 is 20.2. The number of ether oxygens (including phenoxy) is 1. The van der Waals surface area contributed by atoms with E-state index in [0.717, 1.165) is 16.8 Å². The highest BCUT2D eigenvalue weighted by molar-refractivity contribution is 7.21. The molecule has 0 fully saturated rings. The summed E-state index contributed by atoms with van der Waals surface area (Å²) in [7, 11) is 5.60. The first-order valence-electron chi connectivity index (χ1n) is 8.69. The van der Waals surface area contributed by atoms with Crippen molar-refractivity contribution in [2.75, 3.05) is 21.2 Å². The van der Waals surface area contributed by atoms with E-state index in [1.165, 1.54) is 23.0 Å². The van der Waals surface area contributed by atoms with Gasteiger partial charge in [0.25, 0.3) is 5.91 Å². The van der Waals surface area contributed by atoms with Crippen molar-refractivity contribution in [1.82, 2.24) is 10.2 Å². The maximum Gasteiger partial charge on any atom is 0.262 e. The molecule has 0 unspecified atom stereocenters. The molecule has 3 aromatic rings. The number of rotatable bonds is 7. The molecule has 0 spiro atoms. The number of halogens is 1. The van der Waals surface area contributed by atoms with E-state index in [1.54, 1.807) is 13.2 Å². The van der Waals surface area contributed by atoms with Crippen LogP contribution in [0.25, 0.3) is 10.1 Å². The maximum absolute atomic E-state index is 14.2. The smallest absolute Gasteiger partial charge is 0.262 e. The van der Waals surface area contributed by atoms with Gasteiger partial charge >= 0.3 is 0 Å². The van der Waals surface area contributed by atoms with Crippen LogP contribution in [0, 0.1) is 5.82 Å². The van der Waals surface area contributed by atoms with Gasteiger partial charge in [0.05, 0.1) is 11.5 Å². The number of hydrogen-bond acceptors (Lipinski definition) is 4. The molecule has 4 nitrogen and oxygen atoms in total. The molecule has 0 atom stereocenters. The average molecular weight is 386 g/mol. The molecule has 1 amide bonds. The highest BCUT2D eigenvalue weighted by Gasteiger charge is 2.20. The van der Waals surface area contributed by atoms with E-state index in [2.05, 4.69) is 22.3 Å². The molecule has 0 saturated carbocycles. The Hall–Kier alpha value is -2.28. The Balaban J connectivity index is 1.76. The molecule has 0 aliphatic carbocycles. The van der Waals surface area contributed by atoms with Crippen LogP contribution in [0.1, 0.15) is 26.4 Å². The summed E-state index contributed by atoms with van der Waals surface area (Å²) in [4.78, 5) is 15.3. The molecule has 0 radical (unpaired) electrons. The zero-order valence-electron chi connectivity index (χ0n) is 15.7. The van der Waals surface area contributed by atoms with E-state index in [0.29, 0.717) is 22.4 Å². The van der Waals surface area contributed by atoms with E-state index >= 15 is 0 Å². The number of fused-ring (bicyclic) bond motifs is 1. The maximum atomic E-state index is 14.2. The summed E-state index contributed by atoms with van der Waals surface area (Å²) in [6.45, 7) is 1.49. The van der Waals surface area contributed by atoms with E-state index in [-0.39, 0.29) is 18.3 Å². The molecule has 1 heterocycles. The van der Waals surface area contributed by atoms with Crippen molar-refractivity contribution in [3.8, 4) is 0 Å². The van der Waals surface area contributed by atoms with Crippen molar-refractivity contribution in [2.45, 2.75) is 19.7 Å². The Morgan fingerprint density at radius 3 is 2.52 bits per heavy atom. The number of thiophene rings is 1. The number of amides is 1. The van der Waals surface area contributed by atoms with Gasteiger partial charge < -0.3 is 15.0 Å². The first kappa shape index (κ1) is 19.5. The molecular weight excluding hydrogens is 363 g/mol. The van der Waals surface area contributed by atoms with Gasteiger partial charge in [-0.15, -0.1) is 11.3 Å². The highest BCUT2D eigenvalue weighted by atomic mass is 32.1. The normalized spacial score (nSPS) is 11.3. The summed E-state index contributed by atoms with van der Waals surface area (Å²) in [5, 5.41) is 3.41. The quantitative estimate of drug-likeness (QED) is 0.662. The number of hydrogen-bond donors (Lipinski definition) is 1. The summed E-state index contributed by atoms with van der Waals surface area (Å²) in [5.41, 5.74) is 2.85. The number of nitrogens with zero attached hydrogens (tertiary/aromatic N) is 1. The van der Waals surface area contributed by atoms with Gasteiger partial charge in [-0.1, -0.05) is 30.3 Å². The lowest BCUT2D eigenvalue weighted by Gasteiger charge is -2.10. The monoisotopic (exact) mass is 386 g/mol. The van der Waals surface area contributed by atoms with Crippen LogP contribution in [0.5, 0.6) is 0 Å². The number of benzene rings is 2. The van der Waals surface area contributed by atoms with E-state index in [4.69, 9.17) is 4.74 Å². The van der Waals surface area contributed by atoms with Gasteiger partial charge in [-0.25, -0.2) is 4.39 Å². The van der Waals surface area contributed by atoms with Crippen LogP contribution < -0.4 is 5.32 Å². The predicted octanol–water partition coefficient (Wildman–Crippen LogP) is 4.18. The first-order valence-corrected chi connectivity index (χ1v) is 9.51. The number of nitrogens with one attached hydrogen (secondary N) is 1. The lowest BCUT2D eigenvalue weighted by Crippen LogP contribution is -2.23. The second-order valence-electron chi connectivity index (χ2n) is 6.69. The molecule has 0 saturated heterocycles. The fraction of sp³-hybridized carbons (Fsp3) is 0.286. The van der Waals surface area contributed by atoms with E-state index in [1.807, 2.05) is 32.3 Å². The lowest BCUT2D eigenvalue weighted by atomic mass is 10.1. The first-order chi connectivity index (χ1) is 13.0. The van der Waals surface area contributed by atoms with Gasteiger partial charge in [-0.2, -0.15) is 0 Å².